The molecule has 0 aliphatic rings. The van der Waals surface area contributed by atoms with E-state index in [9.17, 15) is 0 Å². The SMILES string of the molecule is CCNC(=NCc1nncn1-c1ccccc1)NC(C)CCCC(C)C.I. The number of nitrogens with one attached hydrogen (secondary N) is 2. The zero-order chi connectivity index (χ0) is 18.8. The number of aromatic nitrogens is 3. The zero-order valence-corrected chi connectivity index (χ0v) is 19.2. The highest BCUT2D eigenvalue weighted by Gasteiger charge is 2.08. The first kappa shape index (κ1) is 23.4. The highest BCUT2D eigenvalue weighted by Crippen LogP contribution is 2.10. The Morgan fingerprint density at radius 1 is 1.15 bits per heavy atom. The van der Waals surface area contributed by atoms with Crippen LogP contribution in [-0.2, 0) is 6.54 Å². The molecule has 0 saturated carbocycles. The normalized spacial score (nSPS) is 12.6. The van der Waals surface area contributed by atoms with E-state index in [1.807, 2.05) is 34.9 Å². The molecule has 0 aliphatic heterocycles. The van der Waals surface area contributed by atoms with Gasteiger partial charge in [0.1, 0.15) is 12.9 Å². The number of hydrogen-bond donors (Lipinski definition) is 2. The molecule has 0 spiro atoms. The van der Waals surface area contributed by atoms with Gasteiger partial charge in [0.25, 0.3) is 0 Å². The van der Waals surface area contributed by atoms with Crippen LogP contribution in [0.25, 0.3) is 5.69 Å². The summed E-state index contributed by atoms with van der Waals surface area (Å²) in [7, 11) is 0. The molecule has 1 heterocycles. The summed E-state index contributed by atoms with van der Waals surface area (Å²) in [6.07, 6.45) is 5.37. The number of hydrogen-bond acceptors (Lipinski definition) is 3. The van der Waals surface area contributed by atoms with E-state index in [0.717, 1.165) is 36.4 Å². The summed E-state index contributed by atoms with van der Waals surface area (Å²) in [4.78, 5) is 4.70. The Bertz CT molecular complexity index is 668. The molecule has 0 radical (unpaired) electrons. The van der Waals surface area contributed by atoms with Gasteiger partial charge in [-0.3, -0.25) is 4.57 Å². The Morgan fingerprint density at radius 3 is 2.56 bits per heavy atom. The molecule has 1 aromatic heterocycles. The predicted octanol–water partition coefficient (Wildman–Crippen LogP) is 4.16. The topological polar surface area (TPSA) is 67.1 Å². The molecule has 0 amide bonds. The maximum absolute atomic E-state index is 4.70. The van der Waals surface area contributed by atoms with E-state index in [4.69, 9.17) is 4.99 Å². The van der Waals surface area contributed by atoms with Crippen molar-refractivity contribution in [1.82, 2.24) is 25.4 Å². The molecule has 0 saturated heterocycles. The monoisotopic (exact) mass is 484 g/mol. The molecule has 150 valence electrons. The largest absolute Gasteiger partial charge is 0.357 e. The average Bonchev–Trinajstić information content (AvgIpc) is 3.09. The second-order valence-corrected chi connectivity index (χ2v) is 7.02. The van der Waals surface area contributed by atoms with Gasteiger partial charge in [-0.15, -0.1) is 34.2 Å². The van der Waals surface area contributed by atoms with Gasteiger partial charge in [-0.25, -0.2) is 4.99 Å². The third kappa shape index (κ3) is 8.28. The fourth-order valence-corrected chi connectivity index (χ4v) is 2.78. The van der Waals surface area contributed by atoms with Crippen LogP contribution in [0.3, 0.4) is 0 Å². The fourth-order valence-electron chi connectivity index (χ4n) is 2.78. The minimum absolute atomic E-state index is 0. The summed E-state index contributed by atoms with van der Waals surface area (Å²) in [5, 5.41) is 15.1. The van der Waals surface area contributed by atoms with Gasteiger partial charge < -0.3 is 10.6 Å². The van der Waals surface area contributed by atoms with E-state index >= 15 is 0 Å². The highest BCUT2D eigenvalue weighted by molar-refractivity contribution is 14.0. The molecular formula is C20H33IN6. The quantitative estimate of drug-likeness (QED) is 0.319. The summed E-state index contributed by atoms with van der Waals surface area (Å²) < 4.78 is 1.97. The Morgan fingerprint density at radius 2 is 1.89 bits per heavy atom. The van der Waals surface area contributed by atoms with Crippen LogP contribution < -0.4 is 10.6 Å². The van der Waals surface area contributed by atoms with Crippen LogP contribution in [0, 0.1) is 5.92 Å². The number of aliphatic imine (C=N–C) groups is 1. The molecule has 2 aromatic rings. The molecule has 1 unspecified atom stereocenters. The van der Waals surface area contributed by atoms with Gasteiger partial charge >= 0.3 is 0 Å². The van der Waals surface area contributed by atoms with E-state index in [1.165, 1.54) is 12.8 Å². The molecule has 0 bridgehead atoms. The van der Waals surface area contributed by atoms with Gasteiger partial charge in [0.05, 0.1) is 0 Å². The van der Waals surface area contributed by atoms with E-state index in [-0.39, 0.29) is 24.0 Å². The van der Waals surface area contributed by atoms with E-state index in [2.05, 4.69) is 48.5 Å². The molecule has 2 rings (SSSR count). The molecule has 0 aliphatic carbocycles. The fraction of sp³-hybridized carbons (Fsp3) is 0.550. The first-order valence-electron chi connectivity index (χ1n) is 9.59. The van der Waals surface area contributed by atoms with Crippen molar-refractivity contribution in [3.05, 3.63) is 42.5 Å². The number of rotatable bonds is 9. The summed E-state index contributed by atoms with van der Waals surface area (Å²) >= 11 is 0. The standard InChI is InChI=1S/C20H32N6.HI/c1-5-21-20(24-17(4)11-9-10-16(2)3)22-14-19-25-23-15-26(19)18-12-7-6-8-13-18;/h6-8,12-13,15-17H,5,9-11,14H2,1-4H3,(H2,21,22,24);1H. The molecule has 1 aromatic carbocycles. The van der Waals surface area contributed by atoms with Gasteiger partial charge in [0.2, 0.25) is 0 Å². The lowest BCUT2D eigenvalue weighted by Crippen LogP contribution is -2.42. The van der Waals surface area contributed by atoms with Crippen LogP contribution in [0.15, 0.2) is 41.7 Å². The number of guanidine groups is 1. The number of halogens is 1. The van der Waals surface area contributed by atoms with Crippen LogP contribution in [0.4, 0.5) is 0 Å². The third-order valence-electron chi connectivity index (χ3n) is 4.18. The van der Waals surface area contributed by atoms with E-state index in [1.54, 1.807) is 6.33 Å². The maximum Gasteiger partial charge on any atom is 0.191 e. The molecule has 6 nitrogen and oxygen atoms in total. The van der Waals surface area contributed by atoms with Crippen LogP contribution in [0.1, 0.15) is 52.8 Å². The van der Waals surface area contributed by atoms with Crippen LogP contribution in [0.5, 0.6) is 0 Å². The lowest BCUT2D eigenvalue weighted by molar-refractivity contribution is 0.491. The molecule has 0 fully saturated rings. The zero-order valence-electron chi connectivity index (χ0n) is 16.9. The van der Waals surface area contributed by atoms with Crippen molar-refractivity contribution in [2.24, 2.45) is 10.9 Å². The number of nitrogens with zero attached hydrogens (tertiary/aromatic N) is 4. The van der Waals surface area contributed by atoms with Crippen LogP contribution in [-0.4, -0.2) is 33.3 Å². The van der Waals surface area contributed by atoms with E-state index in [0.29, 0.717) is 12.6 Å². The van der Waals surface area contributed by atoms with Crippen molar-refractivity contribution in [3.63, 3.8) is 0 Å². The summed E-state index contributed by atoms with van der Waals surface area (Å²) in [5.74, 6) is 2.40. The molecule has 1 atom stereocenters. The van der Waals surface area contributed by atoms with Crippen LogP contribution in [0.2, 0.25) is 0 Å². The summed E-state index contributed by atoms with van der Waals surface area (Å²) in [6, 6.07) is 10.5. The minimum Gasteiger partial charge on any atom is -0.357 e. The maximum atomic E-state index is 4.70. The second-order valence-electron chi connectivity index (χ2n) is 7.02. The van der Waals surface area contributed by atoms with Gasteiger partial charge in [0.15, 0.2) is 11.8 Å². The van der Waals surface area contributed by atoms with Gasteiger partial charge in [-0.2, -0.15) is 0 Å². The molecule has 27 heavy (non-hydrogen) atoms. The van der Waals surface area contributed by atoms with Gasteiger partial charge in [-0.1, -0.05) is 44.9 Å². The van der Waals surface area contributed by atoms with E-state index < -0.39 is 0 Å². The first-order valence-corrected chi connectivity index (χ1v) is 9.59. The average molecular weight is 484 g/mol. The Balaban J connectivity index is 0.00000364. The third-order valence-corrected chi connectivity index (χ3v) is 4.18. The van der Waals surface area contributed by atoms with Crippen molar-refractivity contribution >= 4 is 29.9 Å². The van der Waals surface area contributed by atoms with Gasteiger partial charge in [-0.05, 0) is 38.3 Å². The van der Waals surface area contributed by atoms with Crippen molar-refractivity contribution < 1.29 is 0 Å². The Hall–Kier alpha value is -1.64. The lowest BCUT2D eigenvalue weighted by atomic mass is 10.0. The highest BCUT2D eigenvalue weighted by atomic mass is 127. The van der Waals surface area contributed by atoms with Crippen molar-refractivity contribution in [2.75, 3.05) is 6.54 Å². The van der Waals surface area contributed by atoms with Gasteiger partial charge in [0, 0.05) is 18.3 Å². The lowest BCUT2D eigenvalue weighted by Gasteiger charge is -2.18. The number of para-hydroxylation sites is 1. The Kier molecular flexibility index (Phi) is 11.0. The van der Waals surface area contributed by atoms with Crippen molar-refractivity contribution in [2.45, 2.75) is 59.5 Å². The second kappa shape index (κ2) is 12.7. The summed E-state index contributed by atoms with van der Waals surface area (Å²) in [5.41, 5.74) is 1.04. The van der Waals surface area contributed by atoms with Crippen molar-refractivity contribution in [3.8, 4) is 5.69 Å². The number of benzene rings is 1. The smallest absolute Gasteiger partial charge is 0.191 e. The predicted molar refractivity (Wildman–Crippen MR) is 123 cm³/mol. The van der Waals surface area contributed by atoms with Crippen LogP contribution >= 0.6 is 24.0 Å². The minimum atomic E-state index is 0. The molecular weight excluding hydrogens is 451 g/mol. The molecule has 2 N–H and O–H groups in total. The van der Waals surface area contributed by atoms with Crippen molar-refractivity contribution in [1.29, 1.82) is 0 Å². The Labute approximate surface area is 180 Å². The summed E-state index contributed by atoms with van der Waals surface area (Å²) in [6.45, 7) is 10.1. The molecule has 7 heteroatoms. The first-order chi connectivity index (χ1) is 12.6.